The Morgan fingerprint density at radius 2 is 2.07 bits per heavy atom. The highest BCUT2D eigenvalue weighted by Crippen LogP contribution is 2.28. The van der Waals surface area contributed by atoms with Crippen LogP contribution in [-0.2, 0) is 20.8 Å². The SMILES string of the molecule is CCOC(=O)Cn1ncc2c(-c3ccc(N)nc3)nc(N3CCOCC3)nc21. The van der Waals surface area contributed by atoms with Crippen LogP contribution in [0.1, 0.15) is 6.92 Å². The number of nitrogens with zero attached hydrogens (tertiary/aromatic N) is 6. The van der Waals surface area contributed by atoms with Crippen LogP contribution in [0.3, 0.4) is 0 Å². The number of nitrogen functional groups attached to an aromatic ring is 1. The van der Waals surface area contributed by atoms with Crippen LogP contribution in [0.15, 0.2) is 24.5 Å². The molecule has 1 aliphatic heterocycles. The number of nitrogens with two attached hydrogens (primary N) is 1. The van der Waals surface area contributed by atoms with Gasteiger partial charge in [-0.05, 0) is 19.1 Å². The minimum Gasteiger partial charge on any atom is -0.465 e. The van der Waals surface area contributed by atoms with Crippen LogP contribution in [-0.4, -0.2) is 63.6 Å². The summed E-state index contributed by atoms with van der Waals surface area (Å²) in [6, 6.07) is 3.58. The predicted octanol–water partition coefficient (Wildman–Crippen LogP) is 0.870. The van der Waals surface area contributed by atoms with Gasteiger partial charge in [-0.3, -0.25) is 4.79 Å². The van der Waals surface area contributed by atoms with E-state index in [1.807, 2.05) is 6.07 Å². The van der Waals surface area contributed by atoms with E-state index < -0.39 is 0 Å². The van der Waals surface area contributed by atoms with Gasteiger partial charge in [0, 0.05) is 24.8 Å². The molecule has 28 heavy (non-hydrogen) atoms. The Balaban J connectivity index is 1.82. The average molecular weight is 383 g/mol. The molecule has 0 amide bonds. The first-order valence-corrected chi connectivity index (χ1v) is 9.09. The topological polar surface area (TPSA) is 121 Å². The van der Waals surface area contributed by atoms with Crippen molar-refractivity contribution in [2.45, 2.75) is 13.5 Å². The summed E-state index contributed by atoms with van der Waals surface area (Å²) >= 11 is 0. The zero-order valence-electron chi connectivity index (χ0n) is 15.5. The van der Waals surface area contributed by atoms with Crippen molar-refractivity contribution in [2.24, 2.45) is 0 Å². The maximum absolute atomic E-state index is 12.0. The fourth-order valence-electron chi connectivity index (χ4n) is 3.06. The summed E-state index contributed by atoms with van der Waals surface area (Å²) in [5.41, 5.74) is 7.77. The third-order valence-electron chi connectivity index (χ3n) is 4.42. The average Bonchev–Trinajstić information content (AvgIpc) is 3.11. The third kappa shape index (κ3) is 3.58. The molecule has 0 unspecified atom stereocenters. The molecule has 0 aliphatic carbocycles. The van der Waals surface area contributed by atoms with Crippen molar-refractivity contribution in [3.05, 3.63) is 24.5 Å². The lowest BCUT2D eigenvalue weighted by atomic mass is 10.1. The molecule has 4 rings (SSSR count). The number of morpholine rings is 1. The van der Waals surface area contributed by atoms with Crippen molar-refractivity contribution in [1.82, 2.24) is 24.7 Å². The van der Waals surface area contributed by atoms with Gasteiger partial charge < -0.3 is 20.1 Å². The Labute approximate surface area is 161 Å². The Bertz CT molecular complexity index is 981. The monoisotopic (exact) mass is 383 g/mol. The maximum atomic E-state index is 12.0. The van der Waals surface area contributed by atoms with E-state index in [9.17, 15) is 4.79 Å². The number of anilines is 2. The van der Waals surface area contributed by atoms with Gasteiger partial charge >= 0.3 is 5.97 Å². The zero-order valence-corrected chi connectivity index (χ0v) is 15.5. The maximum Gasteiger partial charge on any atom is 0.327 e. The van der Waals surface area contributed by atoms with Gasteiger partial charge in [0.1, 0.15) is 12.4 Å². The first-order chi connectivity index (χ1) is 13.7. The first kappa shape index (κ1) is 18.1. The molecule has 0 spiro atoms. The lowest BCUT2D eigenvalue weighted by Gasteiger charge is -2.27. The molecule has 1 aliphatic rings. The lowest BCUT2D eigenvalue weighted by Crippen LogP contribution is -2.37. The van der Waals surface area contributed by atoms with E-state index in [1.54, 1.807) is 25.4 Å². The standard InChI is InChI=1S/C18H21N7O3/c1-2-28-15(26)11-25-17-13(10-21-25)16(12-3-4-14(19)20-9-12)22-18(23-17)24-5-7-27-8-6-24/h3-4,9-10H,2,5-8,11H2,1H3,(H2,19,20). The molecule has 0 radical (unpaired) electrons. The number of hydrogen-bond acceptors (Lipinski definition) is 9. The Hall–Kier alpha value is -3.27. The van der Waals surface area contributed by atoms with Gasteiger partial charge in [-0.15, -0.1) is 0 Å². The molecular formula is C18H21N7O3. The minimum atomic E-state index is -0.366. The van der Waals surface area contributed by atoms with E-state index in [0.717, 1.165) is 10.9 Å². The fourth-order valence-corrected chi connectivity index (χ4v) is 3.06. The quantitative estimate of drug-likeness (QED) is 0.640. The molecule has 0 saturated carbocycles. The summed E-state index contributed by atoms with van der Waals surface area (Å²) in [6.07, 6.45) is 3.33. The van der Waals surface area contributed by atoms with Gasteiger partial charge in [-0.25, -0.2) is 14.6 Å². The highest BCUT2D eigenvalue weighted by Gasteiger charge is 2.20. The second-order valence-electron chi connectivity index (χ2n) is 6.29. The Kier molecular flexibility index (Phi) is 5.02. The van der Waals surface area contributed by atoms with E-state index in [4.69, 9.17) is 20.2 Å². The molecule has 3 aromatic heterocycles. The zero-order chi connectivity index (χ0) is 19.5. The van der Waals surface area contributed by atoms with Crippen molar-refractivity contribution >= 4 is 28.8 Å². The van der Waals surface area contributed by atoms with Gasteiger partial charge in [0.15, 0.2) is 5.65 Å². The van der Waals surface area contributed by atoms with Crippen molar-refractivity contribution < 1.29 is 14.3 Å². The molecule has 0 bridgehead atoms. The Morgan fingerprint density at radius 3 is 2.79 bits per heavy atom. The van der Waals surface area contributed by atoms with Crippen LogP contribution in [0.2, 0.25) is 0 Å². The fraction of sp³-hybridized carbons (Fsp3) is 0.389. The smallest absolute Gasteiger partial charge is 0.327 e. The summed E-state index contributed by atoms with van der Waals surface area (Å²) in [6.45, 7) is 4.67. The second-order valence-corrected chi connectivity index (χ2v) is 6.29. The number of carbonyl (C=O) groups excluding carboxylic acids is 1. The number of aromatic nitrogens is 5. The third-order valence-corrected chi connectivity index (χ3v) is 4.42. The molecule has 2 N–H and O–H groups in total. The van der Waals surface area contributed by atoms with Crippen molar-refractivity contribution in [2.75, 3.05) is 43.5 Å². The molecule has 4 heterocycles. The Morgan fingerprint density at radius 1 is 1.25 bits per heavy atom. The predicted molar refractivity (Wildman–Crippen MR) is 103 cm³/mol. The van der Waals surface area contributed by atoms with Crippen LogP contribution < -0.4 is 10.6 Å². The minimum absolute atomic E-state index is 0.0175. The van der Waals surface area contributed by atoms with E-state index >= 15 is 0 Å². The summed E-state index contributed by atoms with van der Waals surface area (Å²) in [7, 11) is 0. The largest absolute Gasteiger partial charge is 0.465 e. The molecule has 3 aromatic rings. The second kappa shape index (κ2) is 7.77. The first-order valence-electron chi connectivity index (χ1n) is 9.09. The molecule has 0 aromatic carbocycles. The molecular weight excluding hydrogens is 362 g/mol. The highest BCUT2D eigenvalue weighted by atomic mass is 16.5. The van der Waals surface area contributed by atoms with E-state index in [-0.39, 0.29) is 12.5 Å². The number of ether oxygens (including phenoxy) is 2. The van der Waals surface area contributed by atoms with Gasteiger partial charge in [-0.1, -0.05) is 0 Å². The van der Waals surface area contributed by atoms with Gasteiger partial charge in [0.25, 0.3) is 0 Å². The highest BCUT2D eigenvalue weighted by molar-refractivity contribution is 5.91. The van der Waals surface area contributed by atoms with Crippen molar-refractivity contribution in [1.29, 1.82) is 0 Å². The number of fused-ring (bicyclic) bond motifs is 1. The number of esters is 1. The van der Waals surface area contributed by atoms with E-state index in [1.165, 1.54) is 4.68 Å². The van der Waals surface area contributed by atoms with Crippen molar-refractivity contribution in [3.8, 4) is 11.3 Å². The lowest BCUT2D eigenvalue weighted by molar-refractivity contribution is -0.143. The van der Waals surface area contributed by atoms with Gasteiger partial charge in [0.2, 0.25) is 5.95 Å². The summed E-state index contributed by atoms with van der Waals surface area (Å²) in [4.78, 5) is 27.6. The molecule has 1 saturated heterocycles. The number of carbonyl (C=O) groups is 1. The van der Waals surface area contributed by atoms with Crippen LogP contribution >= 0.6 is 0 Å². The summed E-state index contributed by atoms with van der Waals surface area (Å²) in [5.74, 6) is 0.628. The summed E-state index contributed by atoms with van der Waals surface area (Å²) in [5, 5.41) is 5.06. The molecule has 1 fully saturated rings. The number of hydrogen-bond donors (Lipinski definition) is 1. The van der Waals surface area contributed by atoms with Crippen LogP contribution in [0.25, 0.3) is 22.3 Å². The molecule has 146 valence electrons. The van der Waals surface area contributed by atoms with Gasteiger partial charge in [-0.2, -0.15) is 10.1 Å². The normalized spacial score (nSPS) is 14.4. The molecule has 10 nitrogen and oxygen atoms in total. The van der Waals surface area contributed by atoms with Crippen LogP contribution in [0, 0.1) is 0 Å². The van der Waals surface area contributed by atoms with Crippen LogP contribution in [0.5, 0.6) is 0 Å². The van der Waals surface area contributed by atoms with E-state index in [2.05, 4.69) is 20.0 Å². The summed E-state index contributed by atoms with van der Waals surface area (Å²) < 4.78 is 12.0. The van der Waals surface area contributed by atoms with Crippen LogP contribution in [0.4, 0.5) is 11.8 Å². The van der Waals surface area contributed by atoms with Crippen molar-refractivity contribution in [3.63, 3.8) is 0 Å². The molecule has 10 heteroatoms. The van der Waals surface area contributed by atoms with E-state index in [0.29, 0.717) is 56.0 Å². The molecule has 0 atom stereocenters. The number of pyridine rings is 1. The number of rotatable bonds is 5. The van der Waals surface area contributed by atoms with Gasteiger partial charge in [0.05, 0.1) is 37.1 Å².